The zero-order valence-corrected chi connectivity index (χ0v) is 13.3. The molecular formula is C17H25NOS. The SMILES string of the molecule is CC(C)O.c1ccc2sc(CCN3CCCC3)cc2c1. The highest BCUT2D eigenvalue weighted by atomic mass is 32.1. The lowest BCUT2D eigenvalue weighted by Crippen LogP contribution is -2.21. The molecule has 1 aliphatic heterocycles. The van der Waals surface area contributed by atoms with Crippen LogP contribution in [0.3, 0.4) is 0 Å². The molecule has 0 bridgehead atoms. The van der Waals surface area contributed by atoms with Crippen molar-refractivity contribution in [3.8, 4) is 0 Å². The van der Waals surface area contributed by atoms with E-state index < -0.39 is 0 Å². The Hall–Kier alpha value is -0.900. The normalized spacial score (nSPS) is 15.6. The number of likely N-dealkylation sites (tertiary alicyclic amines) is 1. The largest absolute Gasteiger partial charge is 0.394 e. The van der Waals surface area contributed by atoms with Crippen molar-refractivity contribution in [2.45, 2.75) is 39.2 Å². The maximum atomic E-state index is 8.06. The number of aliphatic hydroxyl groups excluding tert-OH is 1. The van der Waals surface area contributed by atoms with Crippen molar-refractivity contribution in [3.63, 3.8) is 0 Å². The minimum absolute atomic E-state index is 0.167. The minimum atomic E-state index is -0.167. The Kier molecular flexibility index (Phi) is 6.02. The molecule has 1 aromatic carbocycles. The topological polar surface area (TPSA) is 23.5 Å². The van der Waals surface area contributed by atoms with Gasteiger partial charge in [-0.05, 0) is 63.7 Å². The van der Waals surface area contributed by atoms with Crippen LogP contribution >= 0.6 is 11.3 Å². The van der Waals surface area contributed by atoms with Crippen molar-refractivity contribution in [2.24, 2.45) is 0 Å². The lowest BCUT2D eigenvalue weighted by atomic mass is 10.2. The summed E-state index contributed by atoms with van der Waals surface area (Å²) in [6.45, 7) is 7.31. The van der Waals surface area contributed by atoms with E-state index in [-0.39, 0.29) is 6.10 Å². The third kappa shape index (κ3) is 4.89. The van der Waals surface area contributed by atoms with Gasteiger partial charge in [-0.15, -0.1) is 11.3 Å². The summed E-state index contributed by atoms with van der Waals surface area (Å²) >= 11 is 1.95. The number of hydrogen-bond acceptors (Lipinski definition) is 3. The molecule has 3 heteroatoms. The maximum Gasteiger partial charge on any atom is 0.0483 e. The average Bonchev–Trinajstić information content (AvgIpc) is 3.04. The van der Waals surface area contributed by atoms with E-state index in [1.165, 1.54) is 53.9 Å². The molecule has 1 aliphatic rings. The van der Waals surface area contributed by atoms with Crippen molar-refractivity contribution in [3.05, 3.63) is 35.2 Å². The van der Waals surface area contributed by atoms with Crippen molar-refractivity contribution in [1.29, 1.82) is 0 Å². The molecule has 0 radical (unpaired) electrons. The van der Waals surface area contributed by atoms with Gasteiger partial charge in [0.2, 0.25) is 0 Å². The van der Waals surface area contributed by atoms with Crippen LogP contribution in [0.25, 0.3) is 10.1 Å². The molecule has 0 spiro atoms. The second kappa shape index (κ2) is 7.77. The average molecular weight is 291 g/mol. The number of benzene rings is 1. The first kappa shape index (κ1) is 15.5. The lowest BCUT2D eigenvalue weighted by molar-refractivity contribution is 0.216. The first-order valence-corrected chi connectivity index (χ1v) is 8.34. The van der Waals surface area contributed by atoms with Crippen LogP contribution in [0, 0.1) is 0 Å². The smallest absolute Gasteiger partial charge is 0.0483 e. The Balaban J connectivity index is 0.000000328. The zero-order valence-electron chi connectivity index (χ0n) is 12.5. The number of aliphatic hydroxyl groups is 1. The standard InChI is InChI=1S/C14H17NS.C3H8O/c1-2-6-14-12(5-1)11-13(16-14)7-10-15-8-3-4-9-15;1-3(2)4/h1-2,5-6,11H,3-4,7-10H2;3-4H,1-2H3. The van der Waals surface area contributed by atoms with Gasteiger partial charge in [0.1, 0.15) is 0 Å². The Labute approximate surface area is 126 Å². The number of hydrogen-bond donors (Lipinski definition) is 1. The Morgan fingerprint density at radius 1 is 1.20 bits per heavy atom. The molecule has 3 rings (SSSR count). The van der Waals surface area contributed by atoms with Crippen LogP contribution in [-0.4, -0.2) is 35.7 Å². The van der Waals surface area contributed by atoms with Crippen LogP contribution in [0.5, 0.6) is 0 Å². The zero-order chi connectivity index (χ0) is 14.4. The molecule has 0 unspecified atom stereocenters. The van der Waals surface area contributed by atoms with Crippen LogP contribution in [0.15, 0.2) is 30.3 Å². The molecule has 1 N–H and O–H groups in total. The maximum absolute atomic E-state index is 8.06. The first-order chi connectivity index (χ1) is 9.65. The van der Waals surface area contributed by atoms with E-state index in [2.05, 4.69) is 35.2 Å². The van der Waals surface area contributed by atoms with Gasteiger partial charge in [0, 0.05) is 22.2 Å². The van der Waals surface area contributed by atoms with Crippen molar-refractivity contribution < 1.29 is 5.11 Å². The summed E-state index contributed by atoms with van der Waals surface area (Å²) in [6.07, 6.45) is 3.85. The Morgan fingerprint density at radius 3 is 2.50 bits per heavy atom. The predicted molar refractivity (Wildman–Crippen MR) is 88.6 cm³/mol. The molecule has 110 valence electrons. The minimum Gasteiger partial charge on any atom is -0.394 e. The van der Waals surface area contributed by atoms with E-state index in [9.17, 15) is 0 Å². The number of fused-ring (bicyclic) bond motifs is 1. The van der Waals surface area contributed by atoms with E-state index in [4.69, 9.17) is 5.11 Å². The quantitative estimate of drug-likeness (QED) is 0.926. The van der Waals surface area contributed by atoms with Crippen molar-refractivity contribution >= 4 is 21.4 Å². The fraction of sp³-hybridized carbons (Fsp3) is 0.529. The van der Waals surface area contributed by atoms with Gasteiger partial charge in [-0.25, -0.2) is 0 Å². The van der Waals surface area contributed by atoms with Gasteiger partial charge in [-0.2, -0.15) is 0 Å². The molecule has 2 aromatic rings. The van der Waals surface area contributed by atoms with Gasteiger partial charge >= 0.3 is 0 Å². The van der Waals surface area contributed by atoms with E-state index >= 15 is 0 Å². The van der Waals surface area contributed by atoms with E-state index in [0.29, 0.717) is 0 Å². The van der Waals surface area contributed by atoms with Crippen LogP contribution < -0.4 is 0 Å². The molecule has 0 saturated carbocycles. The van der Waals surface area contributed by atoms with Crippen molar-refractivity contribution in [1.82, 2.24) is 4.90 Å². The molecule has 0 aliphatic carbocycles. The molecule has 2 nitrogen and oxygen atoms in total. The number of nitrogens with zero attached hydrogens (tertiary/aromatic N) is 1. The molecule has 1 saturated heterocycles. The Bertz CT molecular complexity index is 479. The molecule has 2 heterocycles. The van der Waals surface area contributed by atoms with Crippen LogP contribution in [0.4, 0.5) is 0 Å². The first-order valence-electron chi connectivity index (χ1n) is 7.53. The van der Waals surface area contributed by atoms with Gasteiger partial charge < -0.3 is 10.0 Å². The van der Waals surface area contributed by atoms with Gasteiger partial charge in [0.05, 0.1) is 0 Å². The van der Waals surface area contributed by atoms with E-state index in [1.807, 2.05) is 11.3 Å². The summed E-state index contributed by atoms with van der Waals surface area (Å²) in [5.74, 6) is 0. The van der Waals surface area contributed by atoms with E-state index in [1.54, 1.807) is 13.8 Å². The predicted octanol–water partition coefficient (Wildman–Crippen LogP) is 3.93. The van der Waals surface area contributed by atoms with Gasteiger partial charge in [-0.3, -0.25) is 0 Å². The molecular weight excluding hydrogens is 266 g/mol. The summed E-state index contributed by atoms with van der Waals surface area (Å²) in [6, 6.07) is 11.0. The number of rotatable bonds is 3. The highest BCUT2D eigenvalue weighted by Gasteiger charge is 2.11. The molecule has 1 fully saturated rings. The number of thiophene rings is 1. The monoisotopic (exact) mass is 291 g/mol. The van der Waals surface area contributed by atoms with Gasteiger partial charge in [-0.1, -0.05) is 18.2 Å². The fourth-order valence-corrected chi connectivity index (χ4v) is 3.49. The molecule has 0 atom stereocenters. The third-order valence-corrected chi connectivity index (χ3v) is 4.53. The highest BCUT2D eigenvalue weighted by molar-refractivity contribution is 7.19. The summed E-state index contributed by atoms with van der Waals surface area (Å²) < 4.78 is 1.43. The van der Waals surface area contributed by atoms with Crippen LogP contribution in [0.2, 0.25) is 0 Å². The Morgan fingerprint density at radius 2 is 1.85 bits per heavy atom. The fourth-order valence-electron chi connectivity index (χ4n) is 2.43. The summed E-state index contributed by atoms with van der Waals surface area (Å²) in [4.78, 5) is 4.12. The highest BCUT2D eigenvalue weighted by Crippen LogP contribution is 2.25. The molecule has 20 heavy (non-hydrogen) atoms. The van der Waals surface area contributed by atoms with Crippen LogP contribution in [-0.2, 0) is 6.42 Å². The molecule has 1 aromatic heterocycles. The second-order valence-electron chi connectivity index (χ2n) is 5.64. The lowest BCUT2D eigenvalue weighted by Gasteiger charge is -2.12. The van der Waals surface area contributed by atoms with Crippen LogP contribution in [0.1, 0.15) is 31.6 Å². The van der Waals surface area contributed by atoms with E-state index in [0.717, 1.165) is 0 Å². The van der Waals surface area contributed by atoms with Crippen molar-refractivity contribution in [2.75, 3.05) is 19.6 Å². The van der Waals surface area contributed by atoms with Gasteiger partial charge in [0.25, 0.3) is 0 Å². The third-order valence-electron chi connectivity index (χ3n) is 3.35. The van der Waals surface area contributed by atoms with Gasteiger partial charge in [0.15, 0.2) is 0 Å². The summed E-state index contributed by atoms with van der Waals surface area (Å²) in [5.41, 5.74) is 0. The summed E-state index contributed by atoms with van der Waals surface area (Å²) in [5, 5.41) is 9.46. The summed E-state index contributed by atoms with van der Waals surface area (Å²) in [7, 11) is 0. The second-order valence-corrected chi connectivity index (χ2v) is 6.81. The molecule has 0 amide bonds.